The van der Waals surface area contributed by atoms with Gasteiger partial charge in [0.25, 0.3) is 5.91 Å². The van der Waals surface area contributed by atoms with Crippen LogP contribution in [0.5, 0.6) is 0 Å². The Labute approximate surface area is 235 Å². The van der Waals surface area contributed by atoms with Crippen molar-refractivity contribution in [2.45, 2.75) is 62.9 Å². The fourth-order valence-corrected chi connectivity index (χ4v) is 6.18. The Bertz CT molecular complexity index is 1220. The third-order valence-electron chi connectivity index (χ3n) is 7.38. The molecule has 1 aromatic heterocycles. The molecule has 0 unspecified atom stereocenters. The quantitative estimate of drug-likeness (QED) is 0.274. The molecule has 0 saturated heterocycles. The Morgan fingerprint density at radius 1 is 1.00 bits per heavy atom. The van der Waals surface area contributed by atoms with Crippen molar-refractivity contribution in [3.8, 4) is 0 Å². The number of rotatable bonds is 13. The van der Waals surface area contributed by atoms with E-state index in [4.69, 9.17) is 0 Å². The van der Waals surface area contributed by atoms with E-state index in [9.17, 15) is 14.4 Å². The van der Waals surface area contributed by atoms with Crippen LogP contribution in [0.15, 0.2) is 60.7 Å². The van der Waals surface area contributed by atoms with Gasteiger partial charge in [-0.2, -0.15) is 0 Å². The third kappa shape index (κ3) is 8.13. The minimum absolute atomic E-state index is 0.00490. The van der Waals surface area contributed by atoms with Gasteiger partial charge in [-0.3, -0.25) is 14.4 Å². The van der Waals surface area contributed by atoms with Crippen LogP contribution in [0.25, 0.3) is 10.1 Å². The summed E-state index contributed by atoms with van der Waals surface area (Å²) in [6.07, 6.45) is 5.38. The molecule has 208 valence electrons. The van der Waals surface area contributed by atoms with Crippen molar-refractivity contribution in [2.75, 3.05) is 27.2 Å². The van der Waals surface area contributed by atoms with E-state index in [1.165, 1.54) is 11.3 Å². The van der Waals surface area contributed by atoms with Gasteiger partial charge in [-0.1, -0.05) is 61.4 Å². The number of hydrogen-bond donors (Lipinski definition) is 3. The molecule has 3 N–H and O–H groups in total. The Kier molecular flexibility index (Phi) is 10.1. The van der Waals surface area contributed by atoms with E-state index in [2.05, 4.69) is 20.9 Å². The van der Waals surface area contributed by atoms with Gasteiger partial charge in [-0.05, 0) is 75.8 Å². The van der Waals surface area contributed by atoms with Gasteiger partial charge >= 0.3 is 0 Å². The van der Waals surface area contributed by atoms with E-state index >= 15 is 0 Å². The number of nitrogens with zero attached hydrogens (tertiary/aromatic N) is 1. The molecule has 8 heteroatoms. The number of thiophene rings is 1. The summed E-state index contributed by atoms with van der Waals surface area (Å²) in [6.45, 7) is 1.56. The summed E-state index contributed by atoms with van der Waals surface area (Å²) in [5.41, 5.74) is 0.167. The second kappa shape index (κ2) is 13.7. The molecule has 1 saturated carbocycles. The first-order chi connectivity index (χ1) is 18.8. The monoisotopic (exact) mass is 548 g/mol. The fourth-order valence-electron chi connectivity index (χ4n) is 5.22. The van der Waals surface area contributed by atoms with Crippen molar-refractivity contribution < 1.29 is 14.4 Å². The lowest BCUT2D eigenvalue weighted by Crippen LogP contribution is -2.59. The third-order valence-corrected chi connectivity index (χ3v) is 8.49. The molecule has 3 aromatic rings. The van der Waals surface area contributed by atoms with Gasteiger partial charge in [0.1, 0.15) is 5.54 Å². The molecule has 1 heterocycles. The summed E-state index contributed by atoms with van der Waals surface area (Å²) in [6, 6.07) is 19.6. The molecule has 0 aliphatic heterocycles. The van der Waals surface area contributed by atoms with Crippen LogP contribution in [0.1, 0.15) is 60.2 Å². The molecular formula is C31H40N4O3S. The van der Waals surface area contributed by atoms with Gasteiger partial charge in [0.2, 0.25) is 11.8 Å². The number of carbonyl (C=O) groups excluding carboxylic acids is 3. The lowest BCUT2D eigenvalue weighted by molar-refractivity contribution is -0.128. The number of benzene rings is 2. The molecule has 2 aromatic carbocycles. The molecule has 3 amide bonds. The Hall–Kier alpha value is -3.23. The van der Waals surface area contributed by atoms with E-state index < -0.39 is 5.54 Å². The van der Waals surface area contributed by atoms with E-state index in [0.717, 1.165) is 41.5 Å². The number of fused-ring (bicyclic) bond motifs is 1. The second-order valence-electron chi connectivity index (χ2n) is 10.8. The summed E-state index contributed by atoms with van der Waals surface area (Å²) >= 11 is 1.44. The van der Waals surface area contributed by atoms with Crippen molar-refractivity contribution >= 4 is 39.1 Å². The molecule has 0 radical (unpaired) electrons. The average Bonchev–Trinajstić information content (AvgIpc) is 3.58. The van der Waals surface area contributed by atoms with Crippen LogP contribution in [0.2, 0.25) is 0 Å². The molecule has 1 atom stereocenters. The van der Waals surface area contributed by atoms with Crippen molar-refractivity contribution in [1.29, 1.82) is 0 Å². The zero-order valence-electron chi connectivity index (χ0n) is 23.0. The molecule has 0 bridgehead atoms. The predicted octanol–water partition coefficient (Wildman–Crippen LogP) is 4.52. The zero-order valence-corrected chi connectivity index (χ0v) is 23.8. The molecule has 39 heavy (non-hydrogen) atoms. The van der Waals surface area contributed by atoms with E-state index in [1.807, 2.05) is 74.8 Å². The van der Waals surface area contributed by atoms with Crippen LogP contribution in [0.4, 0.5) is 0 Å². The smallest absolute Gasteiger partial charge is 0.262 e. The number of amides is 3. The zero-order chi connectivity index (χ0) is 27.7. The Morgan fingerprint density at radius 2 is 1.72 bits per heavy atom. The standard InChI is InChI=1S/C31H40N4O3S/c1-35(2)20-10-19-32-28(36)16-15-25(21-23-11-4-3-5-12-23)33-30(38)31(17-8-9-18-31)34-29(37)27-22-24-13-6-7-14-26(24)39-27/h3-7,11-14,22,25H,8-10,15-21H2,1-2H3,(H,32,36)(H,33,38)(H,34,37)/t25-/m0/s1. The molecule has 1 aliphatic carbocycles. The van der Waals surface area contributed by atoms with Crippen molar-refractivity contribution in [2.24, 2.45) is 0 Å². The topological polar surface area (TPSA) is 90.5 Å². The number of hydrogen-bond acceptors (Lipinski definition) is 5. The van der Waals surface area contributed by atoms with E-state index in [1.54, 1.807) is 0 Å². The highest BCUT2D eigenvalue weighted by atomic mass is 32.1. The first-order valence-corrected chi connectivity index (χ1v) is 14.7. The highest BCUT2D eigenvalue weighted by Gasteiger charge is 2.43. The largest absolute Gasteiger partial charge is 0.356 e. The molecule has 4 rings (SSSR count). The average molecular weight is 549 g/mol. The van der Waals surface area contributed by atoms with E-state index in [0.29, 0.717) is 43.5 Å². The molecule has 7 nitrogen and oxygen atoms in total. The summed E-state index contributed by atoms with van der Waals surface area (Å²) in [5.74, 6) is -0.360. The van der Waals surface area contributed by atoms with Crippen molar-refractivity contribution in [1.82, 2.24) is 20.9 Å². The van der Waals surface area contributed by atoms with Gasteiger partial charge in [-0.25, -0.2) is 0 Å². The van der Waals surface area contributed by atoms with Crippen LogP contribution >= 0.6 is 11.3 Å². The normalized spacial score (nSPS) is 15.3. The summed E-state index contributed by atoms with van der Waals surface area (Å²) in [7, 11) is 4.03. The maximum atomic E-state index is 13.8. The first-order valence-electron chi connectivity index (χ1n) is 13.9. The van der Waals surface area contributed by atoms with Crippen LogP contribution in [0, 0.1) is 0 Å². The summed E-state index contributed by atoms with van der Waals surface area (Å²) in [4.78, 5) is 42.3. The Balaban J connectivity index is 1.42. The van der Waals surface area contributed by atoms with Crippen LogP contribution < -0.4 is 16.0 Å². The molecule has 1 aliphatic rings. The summed E-state index contributed by atoms with van der Waals surface area (Å²) in [5, 5.41) is 10.4. The van der Waals surface area contributed by atoms with Gasteiger partial charge < -0.3 is 20.9 Å². The van der Waals surface area contributed by atoms with Crippen molar-refractivity contribution in [3.63, 3.8) is 0 Å². The lowest BCUT2D eigenvalue weighted by atomic mass is 9.94. The van der Waals surface area contributed by atoms with Gasteiger partial charge in [-0.15, -0.1) is 11.3 Å². The minimum Gasteiger partial charge on any atom is -0.356 e. The van der Waals surface area contributed by atoms with Crippen LogP contribution in [0.3, 0.4) is 0 Å². The van der Waals surface area contributed by atoms with Gasteiger partial charge in [0.05, 0.1) is 4.88 Å². The highest BCUT2D eigenvalue weighted by molar-refractivity contribution is 7.20. The maximum Gasteiger partial charge on any atom is 0.262 e. The second-order valence-corrected chi connectivity index (χ2v) is 11.9. The first kappa shape index (κ1) is 28.8. The SMILES string of the molecule is CN(C)CCCNC(=O)CC[C@@H](Cc1ccccc1)NC(=O)C1(NC(=O)c2cc3ccccc3s2)CCCC1. The van der Waals surface area contributed by atoms with E-state index in [-0.39, 0.29) is 23.8 Å². The maximum absolute atomic E-state index is 13.8. The summed E-state index contributed by atoms with van der Waals surface area (Å²) < 4.78 is 1.05. The van der Waals surface area contributed by atoms with Gasteiger partial charge in [0, 0.05) is 23.7 Å². The number of carbonyl (C=O) groups is 3. The Morgan fingerprint density at radius 3 is 2.44 bits per heavy atom. The molecule has 1 fully saturated rings. The van der Waals surface area contributed by atoms with Crippen LogP contribution in [-0.4, -0.2) is 61.4 Å². The van der Waals surface area contributed by atoms with Crippen LogP contribution in [-0.2, 0) is 16.0 Å². The fraction of sp³-hybridized carbons (Fsp3) is 0.452. The minimum atomic E-state index is -0.934. The van der Waals surface area contributed by atoms with Gasteiger partial charge in [0.15, 0.2) is 0 Å². The predicted molar refractivity (Wildman–Crippen MR) is 158 cm³/mol. The highest BCUT2D eigenvalue weighted by Crippen LogP contribution is 2.32. The molecule has 0 spiro atoms. The lowest BCUT2D eigenvalue weighted by Gasteiger charge is -2.31. The van der Waals surface area contributed by atoms with Crippen molar-refractivity contribution in [3.05, 3.63) is 71.1 Å². The number of nitrogens with one attached hydrogen (secondary N) is 3. The molecular weight excluding hydrogens is 508 g/mol.